The smallest absolute Gasteiger partial charge is 0.223 e. The van der Waals surface area contributed by atoms with Crippen molar-refractivity contribution in [2.45, 2.75) is 100 Å². The molecule has 0 atom stereocenters. The highest BCUT2D eigenvalue weighted by Crippen LogP contribution is 2.40. The van der Waals surface area contributed by atoms with Crippen molar-refractivity contribution < 1.29 is 9.59 Å². The summed E-state index contributed by atoms with van der Waals surface area (Å²) in [5, 5.41) is 35.5. The monoisotopic (exact) mass is 694 g/mol. The van der Waals surface area contributed by atoms with Crippen LogP contribution in [0.15, 0.2) is 70.6 Å². The normalized spacial score (nSPS) is 24.9. The number of rotatable bonds is 9. The van der Waals surface area contributed by atoms with Gasteiger partial charge in [0.1, 0.15) is 0 Å². The van der Waals surface area contributed by atoms with Crippen LogP contribution in [0.3, 0.4) is 0 Å². The Kier molecular flexibility index (Phi) is 14.7. The van der Waals surface area contributed by atoms with E-state index in [0.717, 1.165) is 64.2 Å². The molecule has 51 heavy (non-hydrogen) atoms. The molecule has 3 saturated carbocycles. The van der Waals surface area contributed by atoms with Crippen LogP contribution in [0, 0.1) is 28.8 Å². The first-order valence-electron chi connectivity index (χ1n) is 18.2. The van der Waals surface area contributed by atoms with Crippen LogP contribution in [0.2, 0.25) is 0 Å². The maximum Gasteiger partial charge on any atom is 0.223 e. The topological polar surface area (TPSA) is 179 Å². The zero-order valence-corrected chi connectivity index (χ0v) is 30.3. The molecule has 2 aromatic carbocycles. The average Bonchev–Trinajstić information content (AvgIpc) is 3.14. The van der Waals surface area contributed by atoms with Crippen molar-refractivity contribution in [1.82, 2.24) is 31.9 Å². The van der Waals surface area contributed by atoms with Gasteiger partial charge in [-0.3, -0.25) is 30.2 Å². The third kappa shape index (κ3) is 10.9. The Hall–Kier alpha value is -5.10. The number of benzene rings is 2. The van der Waals surface area contributed by atoms with Crippen LogP contribution in [0.25, 0.3) is 0 Å². The van der Waals surface area contributed by atoms with Crippen molar-refractivity contribution in [3.63, 3.8) is 0 Å². The number of amides is 2. The minimum absolute atomic E-state index is 0.00387. The molecular formula is C39H54N10O2. The van der Waals surface area contributed by atoms with E-state index in [1.165, 1.54) is 17.5 Å². The fourth-order valence-corrected chi connectivity index (χ4v) is 7.52. The van der Waals surface area contributed by atoms with E-state index in [2.05, 4.69) is 78.3 Å². The molecule has 272 valence electrons. The van der Waals surface area contributed by atoms with Gasteiger partial charge in [0.2, 0.25) is 23.7 Å². The van der Waals surface area contributed by atoms with Gasteiger partial charge in [0, 0.05) is 62.9 Å². The van der Waals surface area contributed by atoms with Gasteiger partial charge in [0.25, 0.3) is 0 Å². The van der Waals surface area contributed by atoms with Gasteiger partial charge >= 0.3 is 0 Å². The molecule has 12 heteroatoms. The lowest BCUT2D eigenvalue weighted by molar-refractivity contribution is -0.127. The van der Waals surface area contributed by atoms with Gasteiger partial charge in [-0.2, -0.15) is 10.5 Å². The maximum atomic E-state index is 12.4. The third-order valence-electron chi connectivity index (χ3n) is 10.9. The quantitative estimate of drug-likeness (QED) is 0.0984. The molecule has 3 aliphatic rings. The van der Waals surface area contributed by atoms with Gasteiger partial charge in [0.05, 0.1) is 0 Å². The largest absolute Gasteiger partial charge is 0.355 e. The van der Waals surface area contributed by atoms with E-state index in [-0.39, 0.29) is 40.6 Å². The summed E-state index contributed by atoms with van der Waals surface area (Å²) in [6, 6.07) is 21.5. The zero-order chi connectivity index (χ0) is 36.5. The minimum atomic E-state index is -0.0305. The van der Waals surface area contributed by atoms with Crippen molar-refractivity contribution in [3.05, 3.63) is 71.8 Å². The van der Waals surface area contributed by atoms with Crippen LogP contribution in [0.5, 0.6) is 0 Å². The Labute approximate surface area is 303 Å². The van der Waals surface area contributed by atoms with Crippen molar-refractivity contribution >= 4 is 23.7 Å². The van der Waals surface area contributed by atoms with Crippen LogP contribution in [0.1, 0.15) is 88.7 Å². The molecule has 5 rings (SSSR count). The molecule has 0 aromatic heterocycles. The van der Waals surface area contributed by atoms with E-state index in [0.29, 0.717) is 25.0 Å². The van der Waals surface area contributed by atoms with E-state index < -0.39 is 0 Å². The molecule has 12 nitrogen and oxygen atoms in total. The van der Waals surface area contributed by atoms with Crippen molar-refractivity contribution in [2.24, 2.45) is 15.9 Å². The lowest BCUT2D eigenvalue weighted by atomic mass is 9.68. The van der Waals surface area contributed by atoms with Crippen LogP contribution in [-0.2, 0) is 20.4 Å². The number of guanidine groups is 2. The van der Waals surface area contributed by atoms with Gasteiger partial charge in [-0.05, 0) is 75.3 Å². The van der Waals surface area contributed by atoms with Crippen LogP contribution >= 0.6 is 0 Å². The highest BCUT2D eigenvalue weighted by Gasteiger charge is 2.39. The summed E-state index contributed by atoms with van der Waals surface area (Å²) in [5.74, 6) is 1.47. The molecule has 2 amide bonds. The van der Waals surface area contributed by atoms with Crippen LogP contribution < -0.4 is 31.9 Å². The molecule has 0 radical (unpaired) electrons. The highest BCUT2D eigenvalue weighted by atomic mass is 16.2. The van der Waals surface area contributed by atoms with Gasteiger partial charge in [0.15, 0.2) is 12.4 Å². The van der Waals surface area contributed by atoms with Crippen LogP contribution in [-0.4, -0.2) is 63.0 Å². The first kappa shape index (κ1) is 38.7. The van der Waals surface area contributed by atoms with Gasteiger partial charge in [-0.25, -0.2) is 0 Å². The van der Waals surface area contributed by atoms with Gasteiger partial charge in [-0.1, -0.05) is 67.1 Å². The Morgan fingerprint density at radius 1 is 0.686 bits per heavy atom. The summed E-state index contributed by atoms with van der Waals surface area (Å²) in [6.07, 6.45) is 14.8. The first-order valence-corrected chi connectivity index (χ1v) is 18.2. The van der Waals surface area contributed by atoms with E-state index in [4.69, 9.17) is 10.5 Å². The number of nitrogens with zero attached hydrogens (tertiary/aromatic N) is 4. The van der Waals surface area contributed by atoms with Crippen molar-refractivity contribution in [3.8, 4) is 12.4 Å². The number of carbonyl (C=O) groups is 2. The second-order valence-corrected chi connectivity index (χ2v) is 14.0. The Morgan fingerprint density at radius 3 is 1.43 bits per heavy atom. The van der Waals surface area contributed by atoms with Crippen LogP contribution in [0.4, 0.5) is 0 Å². The summed E-state index contributed by atoms with van der Waals surface area (Å²) in [5.41, 5.74) is 2.52. The van der Waals surface area contributed by atoms with Crippen molar-refractivity contribution in [1.29, 1.82) is 10.5 Å². The summed E-state index contributed by atoms with van der Waals surface area (Å²) in [6.45, 7) is 2.91. The molecule has 0 aliphatic heterocycles. The van der Waals surface area contributed by atoms with Crippen molar-refractivity contribution in [2.75, 3.05) is 27.2 Å². The zero-order valence-electron chi connectivity index (χ0n) is 30.3. The highest BCUT2D eigenvalue weighted by molar-refractivity contribution is 5.82. The molecule has 3 aliphatic carbocycles. The first-order chi connectivity index (χ1) is 24.8. The Bertz CT molecular complexity index is 1540. The summed E-state index contributed by atoms with van der Waals surface area (Å²) < 4.78 is 0. The molecule has 2 aromatic rings. The minimum Gasteiger partial charge on any atom is -0.355 e. The average molecular weight is 695 g/mol. The third-order valence-corrected chi connectivity index (χ3v) is 10.9. The number of nitrogens with one attached hydrogen (secondary N) is 6. The number of nitriles is 2. The SMILES string of the molecule is CN=C(NC#N)NC1CCC(CNC(=O)C2CCC2)(c2ccccc2)CC1.CN=C(NC#N)NC1CCC(CNC(C)=O)(c2ccccc2)CC1. The molecular weight excluding hydrogens is 640 g/mol. The number of aliphatic imine (C=N–C) groups is 2. The van der Waals surface area contributed by atoms with Gasteiger partial charge in [-0.15, -0.1) is 0 Å². The Morgan fingerprint density at radius 2 is 1.10 bits per heavy atom. The van der Waals surface area contributed by atoms with E-state index in [9.17, 15) is 9.59 Å². The maximum absolute atomic E-state index is 12.4. The van der Waals surface area contributed by atoms with E-state index in [1.807, 2.05) is 36.7 Å². The predicted molar refractivity (Wildman–Crippen MR) is 200 cm³/mol. The Balaban J connectivity index is 0.000000230. The number of carbonyl (C=O) groups excluding carboxylic acids is 2. The number of hydrogen-bond acceptors (Lipinski definition) is 6. The lowest BCUT2D eigenvalue weighted by Gasteiger charge is -2.41. The standard InChI is InChI=1S/C21H29N5O.C18H25N5O/c1-23-20(25-15-22)26-18-10-12-21(13-11-18,17-8-3-2-4-9-17)14-24-19(27)16-6-5-7-16;1-14(24)21-12-18(15-6-4-3-5-7-15)10-8-16(9-11-18)23-17(20-2)22-13-19/h2-4,8-9,16,18H,5-7,10-14H2,1H3,(H,24,27)(H2,23,25,26);3-7,16H,8-12H2,1-2H3,(H,21,24)(H2,20,22,23). The molecule has 3 fully saturated rings. The summed E-state index contributed by atoms with van der Waals surface area (Å²) >= 11 is 0. The second-order valence-electron chi connectivity index (χ2n) is 14.0. The second kappa shape index (κ2) is 19.3. The van der Waals surface area contributed by atoms with Gasteiger partial charge < -0.3 is 21.3 Å². The molecule has 0 spiro atoms. The van der Waals surface area contributed by atoms with E-state index >= 15 is 0 Å². The molecule has 0 saturated heterocycles. The fraction of sp³-hybridized carbons (Fsp3) is 0.538. The lowest BCUT2D eigenvalue weighted by Crippen LogP contribution is -2.50. The summed E-state index contributed by atoms with van der Waals surface area (Å²) in [7, 11) is 3.32. The molecule has 0 bridgehead atoms. The van der Waals surface area contributed by atoms with E-state index in [1.54, 1.807) is 21.0 Å². The molecule has 6 N–H and O–H groups in total. The number of hydrogen-bond donors (Lipinski definition) is 6. The molecule has 0 heterocycles. The fourth-order valence-electron chi connectivity index (χ4n) is 7.52. The predicted octanol–water partition coefficient (Wildman–Crippen LogP) is 4.08. The summed E-state index contributed by atoms with van der Waals surface area (Å²) in [4.78, 5) is 31.9. The molecule has 0 unspecified atom stereocenters.